The van der Waals surface area contributed by atoms with E-state index in [-0.39, 0.29) is 22.2 Å². The molecule has 84 valence electrons. The van der Waals surface area contributed by atoms with E-state index in [1.54, 1.807) is 6.07 Å². The van der Waals surface area contributed by atoms with Gasteiger partial charge in [0.05, 0.1) is 16.5 Å². The smallest absolute Gasteiger partial charge is 0.228 e. The maximum atomic E-state index is 13.2. The lowest BCUT2D eigenvalue weighted by molar-refractivity contribution is 0.101. The molecule has 16 heavy (non-hydrogen) atoms. The Morgan fingerprint density at radius 1 is 1.56 bits per heavy atom. The van der Waals surface area contributed by atoms with E-state index in [0.717, 1.165) is 12.1 Å². The summed E-state index contributed by atoms with van der Waals surface area (Å²) < 4.78 is 29.7. The molecule has 0 aromatic heterocycles. The molecule has 0 amide bonds. The van der Waals surface area contributed by atoms with Gasteiger partial charge < -0.3 is 4.74 Å². The summed E-state index contributed by atoms with van der Waals surface area (Å²) in [5, 5.41) is 8.57. The molecule has 0 N–H and O–H groups in total. The maximum Gasteiger partial charge on any atom is 0.228 e. The molecule has 6 heteroatoms. The average molecular weight is 290 g/mol. The van der Waals surface area contributed by atoms with Crippen LogP contribution in [0.25, 0.3) is 0 Å². The van der Waals surface area contributed by atoms with E-state index in [4.69, 9.17) is 5.26 Å². The predicted molar refractivity (Wildman–Crippen MR) is 55.8 cm³/mol. The van der Waals surface area contributed by atoms with Crippen LogP contribution in [0.5, 0.6) is 5.75 Å². The van der Waals surface area contributed by atoms with Gasteiger partial charge in [-0.3, -0.25) is 4.79 Å². The topological polar surface area (TPSA) is 50.1 Å². The van der Waals surface area contributed by atoms with Crippen molar-refractivity contribution < 1.29 is 18.3 Å². The van der Waals surface area contributed by atoms with Gasteiger partial charge in [0.25, 0.3) is 0 Å². The number of hydrogen-bond donors (Lipinski definition) is 0. The molecule has 0 bridgehead atoms. The van der Waals surface area contributed by atoms with E-state index in [2.05, 4.69) is 20.7 Å². The number of nitriles is 1. The van der Waals surface area contributed by atoms with Crippen molar-refractivity contribution in [1.82, 2.24) is 0 Å². The molecule has 0 saturated heterocycles. The summed E-state index contributed by atoms with van der Waals surface area (Å²) in [5.74, 6) is -1.47. The van der Waals surface area contributed by atoms with E-state index >= 15 is 0 Å². The first-order valence-electron chi connectivity index (χ1n) is 4.15. The van der Waals surface area contributed by atoms with Crippen molar-refractivity contribution in [1.29, 1.82) is 5.26 Å². The molecule has 0 heterocycles. The van der Waals surface area contributed by atoms with Crippen molar-refractivity contribution >= 4 is 21.7 Å². The minimum absolute atomic E-state index is 0.0209. The van der Waals surface area contributed by atoms with E-state index < -0.39 is 18.5 Å². The highest BCUT2D eigenvalue weighted by Gasteiger charge is 2.16. The van der Waals surface area contributed by atoms with Gasteiger partial charge in [-0.05, 0) is 6.07 Å². The summed E-state index contributed by atoms with van der Waals surface area (Å²) in [6.45, 7) is -1.17. The van der Waals surface area contributed by atoms with Gasteiger partial charge in [0, 0.05) is 6.07 Å². The average Bonchev–Trinajstić information content (AvgIpc) is 2.29. The molecule has 0 spiro atoms. The third kappa shape index (κ3) is 2.55. The lowest BCUT2D eigenvalue weighted by atomic mass is 10.1. The van der Waals surface area contributed by atoms with Crippen molar-refractivity contribution in [2.24, 2.45) is 0 Å². The molecule has 0 aliphatic carbocycles. The highest BCUT2D eigenvalue weighted by molar-refractivity contribution is 9.09. The van der Waals surface area contributed by atoms with Crippen LogP contribution in [0.2, 0.25) is 0 Å². The molecule has 0 radical (unpaired) electrons. The first-order chi connectivity index (χ1) is 7.63. The van der Waals surface area contributed by atoms with Crippen LogP contribution in [-0.2, 0) is 0 Å². The zero-order valence-corrected chi connectivity index (χ0v) is 9.55. The van der Waals surface area contributed by atoms with Crippen molar-refractivity contribution in [3.63, 3.8) is 0 Å². The number of nitrogens with zero attached hydrogens (tertiary/aromatic N) is 1. The Labute approximate surface area is 98.8 Å². The van der Waals surface area contributed by atoms with Crippen molar-refractivity contribution in [2.75, 3.05) is 12.2 Å². The first kappa shape index (κ1) is 12.6. The summed E-state index contributed by atoms with van der Waals surface area (Å²) in [7, 11) is 0. The highest BCUT2D eigenvalue weighted by Crippen LogP contribution is 2.24. The molecular weight excluding hydrogens is 284 g/mol. The lowest BCUT2D eigenvalue weighted by Crippen LogP contribution is -2.06. The maximum absolute atomic E-state index is 13.2. The fourth-order valence-corrected chi connectivity index (χ4v) is 1.41. The minimum atomic E-state index is -1.17. The molecule has 1 aromatic rings. The van der Waals surface area contributed by atoms with E-state index in [1.165, 1.54) is 0 Å². The zero-order chi connectivity index (χ0) is 12.1. The number of hydrogen-bond acceptors (Lipinski definition) is 3. The first-order valence-corrected chi connectivity index (χ1v) is 5.27. The molecule has 3 nitrogen and oxygen atoms in total. The Morgan fingerprint density at radius 2 is 2.25 bits per heavy atom. The van der Waals surface area contributed by atoms with E-state index in [1.807, 2.05) is 0 Å². The summed E-state index contributed by atoms with van der Waals surface area (Å²) in [5.41, 5.74) is -0.303. The van der Waals surface area contributed by atoms with Crippen LogP contribution < -0.4 is 4.74 Å². The number of ketones is 1. The standard InChI is InChI=1S/C10H6BrF2NO2/c11-3-9(15)7-1-6(4-14)8(13)2-10(7)16-5-12/h1-2H,3,5H2. The number of carbonyl (C=O) groups is 1. The van der Waals surface area contributed by atoms with Gasteiger partial charge in [0.2, 0.25) is 6.86 Å². The fourth-order valence-electron chi connectivity index (χ4n) is 1.11. The highest BCUT2D eigenvalue weighted by atomic mass is 79.9. The Balaban J connectivity index is 3.31. The molecule has 1 aromatic carbocycles. The fraction of sp³-hybridized carbons (Fsp3) is 0.200. The number of benzene rings is 1. The van der Waals surface area contributed by atoms with Gasteiger partial charge in [0.1, 0.15) is 17.6 Å². The third-order valence-corrected chi connectivity index (χ3v) is 2.33. The number of carbonyl (C=O) groups excluding carboxylic acids is 1. The number of Topliss-reactive ketones (excluding diaryl/α,β-unsaturated/α-hetero) is 1. The van der Waals surface area contributed by atoms with Crippen LogP contribution in [-0.4, -0.2) is 18.0 Å². The van der Waals surface area contributed by atoms with Crippen LogP contribution in [0.1, 0.15) is 15.9 Å². The number of ether oxygens (including phenoxy) is 1. The molecule has 0 fully saturated rings. The number of rotatable bonds is 4. The molecule has 1 rings (SSSR count). The SMILES string of the molecule is N#Cc1cc(C(=O)CBr)c(OCF)cc1F. The van der Waals surface area contributed by atoms with Crippen molar-refractivity contribution in [3.05, 3.63) is 29.1 Å². The minimum Gasteiger partial charge on any atom is -0.462 e. The Morgan fingerprint density at radius 3 is 2.75 bits per heavy atom. The lowest BCUT2D eigenvalue weighted by Gasteiger charge is -2.08. The van der Waals surface area contributed by atoms with Crippen molar-refractivity contribution in [2.45, 2.75) is 0 Å². The zero-order valence-electron chi connectivity index (χ0n) is 7.97. The monoisotopic (exact) mass is 289 g/mol. The van der Waals surface area contributed by atoms with Crippen LogP contribution in [0, 0.1) is 17.1 Å². The second-order valence-corrected chi connectivity index (χ2v) is 3.31. The van der Waals surface area contributed by atoms with Gasteiger partial charge in [-0.25, -0.2) is 8.78 Å². The van der Waals surface area contributed by atoms with Gasteiger partial charge in [-0.15, -0.1) is 0 Å². The van der Waals surface area contributed by atoms with E-state index in [0.29, 0.717) is 0 Å². The third-order valence-electron chi connectivity index (χ3n) is 1.82. The summed E-state index contributed by atoms with van der Waals surface area (Å²) in [6.07, 6.45) is 0. The Kier molecular flexibility index (Phi) is 4.38. The molecule has 0 aliphatic rings. The predicted octanol–water partition coefficient (Wildman–Crippen LogP) is 2.58. The van der Waals surface area contributed by atoms with Crippen LogP contribution in [0.3, 0.4) is 0 Å². The van der Waals surface area contributed by atoms with Gasteiger partial charge >= 0.3 is 0 Å². The molecule has 0 unspecified atom stereocenters. The largest absolute Gasteiger partial charge is 0.462 e. The van der Waals surface area contributed by atoms with Crippen LogP contribution >= 0.6 is 15.9 Å². The van der Waals surface area contributed by atoms with Crippen LogP contribution in [0.15, 0.2) is 12.1 Å². The second-order valence-electron chi connectivity index (χ2n) is 2.75. The van der Waals surface area contributed by atoms with E-state index in [9.17, 15) is 13.6 Å². The Hall–Kier alpha value is -1.48. The summed E-state index contributed by atoms with van der Waals surface area (Å²) >= 11 is 2.93. The molecule has 0 atom stereocenters. The number of halogens is 3. The molecular formula is C10H6BrF2NO2. The quantitative estimate of drug-likeness (QED) is 0.632. The second kappa shape index (κ2) is 5.56. The number of alkyl halides is 2. The molecule has 0 saturated carbocycles. The van der Waals surface area contributed by atoms with Gasteiger partial charge in [-0.1, -0.05) is 15.9 Å². The summed E-state index contributed by atoms with van der Waals surface area (Å²) in [6, 6.07) is 3.47. The van der Waals surface area contributed by atoms with Gasteiger partial charge in [0.15, 0.2) is 5.78 Å². The summed E-state index contributed by atoms with van der Waals surface area (Å²) in [4.78, 5) is 11.4. The molecule has 0 aliphatic heterocycles. The normalized spacial score (nSPS) is 9.62. The van der Waals surface area contributed by atoms with Crippen LogP contribution in [0.4, 0.5) is 8.78 Å². The Bertz CT molecular complexity index is 457. The van der Waals surface area contributed by atoms with Crippen molar-refractivity contribution in [3.8, 4) is 11.8 Å². The van der Waals surface area contributed by atoms with Gasteiger partial charge in [-0.2, -0.15) is 5.26 Å².